The van der Waals surface area contributed by atoms with E-state index < -0.39 is 15.6 Å². The van der Waals surface area contributed by atoms with E-state index in [1.165, 1.54) is 76.4 Å². The minimum atomic E-state index is -6.09. The van der Waals surface area contributed by atoms with Gasteiger partial charge in [0.1, 0.15) is 6.54 Å². The van der Waals surface area contributed by atoms with Gasteiger partial charge in [-0.25, -0.2) is 13.0 Å². The van der Waals surface area contributed by atoms with Crippen molar-refractivity contribution in [1.29, 1.82) is 0 Å². The molecule has 0 amide bonds. The van der Waals surface area contributed by atoms with E-state index in [1.54, 1.807) is 0 Å². The third kappa shape index (κ3) is 12.8. The highest BCUT2D eigenvalue weighted by atomic mass is 32.2. The number of nitrogens with zero attached hydrogens (tertiary/aromatic N) is 1. The van der Waals surface area contributed by atoms with Crippen molar-refractivity contribution >= 4 is 10.1 Å². The van der Waals surface area contributed by atoms with E-state index in [-0.39, 0.29) is 0 Å². The normalized spacial score (nSPS) is 11.8. The van der Waals surface area contributed by atoms with Gasteiger partial charge >= 0.3 is 5.51 Å². The first kappa shape index (κ1) is 25.9. The van der Waals surface area contributed by atoms with E-state index in [1.807, 2.05) is 0 Å². The van der Waals surface area contributed by atoms with Gasteiger partial charge in [-0.3, -0.25) is 0 Å². The maximum Gasteiger partial charge on any atom is 0.485 e. The predicted molar refractivity (Wildman–Crippen MR) is 99.0 cm³/mol. The molecule has 1 rings (SSSR count). The van der Waals surface area contributed by atoms with Crippen LogP contribution in [0.1, 0.15) is 77.3 Å². The molecule has 158 valence electrons. The van der Waals surface area contributed by atoms with Crippen LogP contribution in [0.2, 0.25) is 0 Å². The van der Waals surface area contributed by atoms with Crippen LogP contribution in [0.3, 0.4) is 0 Å². The van der Waals surface area contributed by atoms with Crippen molar-refractivity contribution in [3.63, 3.8) is 0 Å². The Morgan fingerprint density at radius 3 is 1.93 bits per heavy atom. The van der Waals surface area contributed by atoms with Crippen LogP contribution in [0.4, 0.5) is 13.2 Å². The quantitative estimate of drug-likeness (QED) is 0.220. The van der Waals surface area contributed by atoms with E-state index in [9.17, 15) is 13.2 Å². The van der Waals surface area contributed by atoms with Crippen molar-refractivity contribution in [2.24, 2.45) is 0 Å². The number of alkyl halides is 3. The molecule has 0 radical (unpaired) electrons. The number of aromatic nitrogens is 1. The zero-order chi connectivity index (χ0) is 20.8. The Hall–Kier alpha value is -1.15. The molecule has 27 heavy (non-hydrogen) atoms. The number of pyridine rings is 1. The van der Waals surface area contributed by atoms with Crippen LogP contribution in [0.25, 0.3) is 0 Å². The zero-order valence-corrected chi connectivity index (χ0v) is 17.1. The number of unbranched alkanes of at least 4 members (excludes halogenated alkanes) is 7. The van der Waals surface area contributed by atoms with Gasteiger partial charge in [0.05, 0.1) is 0 Å². The second kappa shape index (κ2) is 13.9. The maximum atomic E-state index is 10.7. The summed E-state index contributed by atoms with van der Waals surface area (Å²) in [6.07, 6.45) is 15.9. The van der Waals surface area contributed by atoms with Gasteiger partial charge in [-0.1, -0.05) is 58.4 Å². The van der Waals surface area contributed by atoms with Gasteiger partial charge < -0.3 is 4.55 Å². The molecule has 1 heterocycles. The minimum Gasteiger partial charge on any atom is -0.741 e. The summed E-state index contributed by atoms with van der Waals surface area (Å²) in [6, 6.07) is 6.59. The molecule has 0 unspecified atom stereocenters. The topological polar surface area (TPSA) is 61.1 Å². The standard InChI is InChI=1S/C18H32N.CHF3O3S/c1-3-5-6-7-8-9-10-12-16-19-17-13-11-15-18(19)14-4-2;2-1(3,4)8(5,6)7/h11,13,15,17H,3-10,12,14,16H2,1-2H3;(H,5,6,7)/q+1;/p-1. The smallest absolute Gasteiger partial charge is 0.485 e. The molecule has 8 heteroatoms. The van der Waals surface area contributed by atoms with Crippen LogP contribution < -0.4 is 4.57 Å². The average Bonchev–Trinajstić information content (AvgIpc) is 2.58. The Kier molecular flexibility index (Phi) is 13.3. The highest BCUT2D eigenvalue weighted by Crippen LogP contribution is 2.20. The van der Waals surface area contributed by atoms with Crippen LogP contribution in [-0.2, 0) is 23.1 Å². The van der Waals surface area contributed by atoms with Crippen molar-refractivity contribution < 1.29 is 30.7 Å². The highest BCUT2D eigenvalue weighted by molar-refractivity contribution is 7.86. The Morgan fingerprint density at radius 1 is 0.926 bits per heavy atom. The van der Waals surface area contributed by atoms with E-state index in [0.717, 1.165) is 0 Å². The van der Waals surface area contributed by atoms with Crippen molar-refractivity contribution in [2.75, 3.05) is 0 Å². The van der Waals surface area contributed by atoms with E-state index >= 15 is 0 Å². The molecule has 4 nitrogen and oxygen atoms in total. The van der Waals surface area contributed by atoms with Crippen LogP contribution >= 0.6 is 0 Å². The lowest BCUT2D eigenvalue weighted by atomic mass is 10.1. The molecule has 0 aromatic carbocycles. The number of halogens is 3. The van der Waals surface area contributed by atoms with Crippen LogP contribution in [0.15, 0.2) is 24.4 Å². The molecule has 0 aliphatic rings. The molecule has 0 saturated heterocycles. The third-order valence-electron chi connectivity index (χ3n) is 4.08. The number of hydrogen-bond donors (Lipinski definition) is 0. The second-order valence-electron chi connectivity index (χ2n) is 6.51. The first-order valence-electron chi connectivity index (χ1n) is 9.63. The fourth-order valence-corrected chi connectivity index (χ4v) is 2.63. The van der Waals surface area contributed by atoms with Crippen molar-refractivity contribution in [2.45, 2.75) is 90.1 Å². The SMILES string of the molecule is CCCCCCCCCC[n+]1ccccc1CCC.O=S(=O)([O-])C(F)(F)F. The van der Waals surface area contributed by atoms with E-state index in [0.29, 0.717) is 0 Å². The summed E-state index contributed by atoms with van der Waals surface area (Å²) < 4.78 is 61.3. The summed E-state index contributed by atoms with van der Waals surface area (Å²) in [5, 5.41) is 0. The van der Waals surface area contributed by atoms with Gasteiger partial charge in [-0.2, -0.15) is 13.2 Å². The first-order chi connectivity index (χ1) is 12.6. The third-order valence-corrected chi connectivity index (χ3v) is 4.64. The van der Waals surface area contributed by atoms with Crippen molar-refractivity contribution in [3.8, 4) is 0 Å². The summed E-state index contributed by atoms with van der Waals surface area (Å²) in [7, 11) is -6.09. The Labute approximate surface area is 161 Å². The van der Waals surface area contributed by atoms with E-state index in [4.69, 9.17) is 13.0 Å². The molecule has 1 aromatic heterocycles. The van der Waals surface area contributed by atoms with Gasteiger partial charge in [-0.15, -0.1) is 0 Å². The lowest BCUT2D eigenvalue weighted by molar-refractivity contribution is -0.704. The molecule has 0 atom stereocenters. The molecule has 0 bridgehead atoms. The molecule has 0 aliphatic heterocycles. The molecule has 0 aliphatic carbocycles. The van der Waals surface area contributed by atoms with Crippen molar-refractivity contribution in [3.05, 3.63) is 30.1 Å². The molecule has 1 aromatic rings. The second-order valence-corrected chi connectivity index (χ2v) is 7.88. The summed E-state index contributed by atoms with van der Waals surface area (Å²) in [5.74, 6) is 0. The molecule has 0 fully saturated rings. The maximum absolute atomic E-state index is 10.7. The predicted octanol–water partition coefficient (Wildman–Crippen LogP) is 5.12. The molecule has 0 spiro atoms. The van der Waals surface area contributed by atoms with Gasteiger partial charge in [0.2, 0.25) is 0 Å². The van der Waals surface area contributed by atoms with Crippen LogP contribution in [-0.4, -0.2) is 18.5 Å². The Bertz CT molecular complexity index is 604. The van der Waals surface area contributed by atoms with Gasteiger partial charge in [-0.05, 0) is 12.8 Å². The number of aryl methyl sites for hydroxylation is 2. The lowest BCUT2D eigenvalue weighted by Gasteiger charge is -2.08. The summed E-state index contributed by atoms with van der Waals surface area (Å²) >= 11 is 0. The largest absolute Gasteiger partial charge is 0.741 e. The zero-order valence-electron chi connectivity index (χ0n) is 16.3. The van der Waals surface area contributed by atoms with Crippen molar-refractivity contribution in [1.82, 2.24) is 0 Å². The fourth-order valence-electron chi connectivity index (χ4n) is 2.63. The highest BCUT2D eigenvalue weighted by Gasteiger charge is 2.36. The fraction of sp³-hybridized carbons (Fsp3) is 0.737. The minimum absolute atomic E-state index is 1.20. The summed E-state index contributed by atoms with van der Waals surface area (Å²) in [5.41, 5.74) is -4.15. The monoisotopic (exact) mass is 411 g/mol. The number of rotatable bonds is 11. The average molecular weight is 412 g/mol. The van der Waals surface area contributed by atoms with Gasteiger partial charge in [0.25, 0.3) is 0 Å². The van der Waals surface area contributed by atoms with Gasteiger partial charge in [0, 0.05) is 25.0 Å². The number of hydrogen-bond acceptors (Lipinski definition) is 3. The van der Waals surface area contributed by atoms with Crippen LogP contribution in [0, 0.1) is 0 Å². The first-order valence-corrected chi connectivity index (χ1v) is 11.0. The Balaban J connectivity index is 0.000000713. The van der Waals surface area contributed by atoms with Gasteiger partial charge in [0.15, 0.2) is 22.0 Å². The lowest BCUT2D eigenvalue weighted by Crippen LogP contribution is -2.37. The molecular weight excluding hydrogens is 379 g/mol. The summed E-state index contributed by atoms with van der Waals surface area (Å²) in [4.78, 5) is 0. The molecule has 0 N–H and O–H groups in total. The molecule has 0 saturated carbocycles. The van der Waals surface area contributed by atoms with E-state index in [2.05, 4.69) is 42.8 Å². The molecular formula is C19H32F3NO3S. The summed E-state index contributed by atoms with van der Waals surface area (Å²) in [6.45, 7) is 5.74. The van der Waals surface area contributed by atoms with Crippen LogP contribution in [0.5, 0.6) is 0 Å². The Morgan fingerprint density at radius 2 is 1.44 bits per heavy atom.